The molecular formula is C12H16N2S. The molecule has 0 radical (unpaired) electrons. The van der Waals surface area contributed by atoms with E-state index in [1.54, 1.807) is 0 Å². The fourth-order valence-corrected chi connectivity index (χ4v) is 2.23. The van der Waals surface area contributed by atoms with Gasteiger partial charge in [0.1, 0.15) is 5.82 Å². The maximum absolute atomic E-state index is 4.64. The maximum Gasteiger partial charge on any atom is 0.109 e. The molecular weight excluding hydrogens is 204 g/mol. The summed E-state index contributed by atoms with van der Waals surface area (Å²) >= 11 is 1.90. The SMILES string of the molecule is CSCCCc1nc2ccccc2n1C. The van der Waals surface area contributed by atoms with Crippen molar-refractivity contribution in [2.24, 2.45) is 7.05 Å². The predicted octanol–water partition coefficient (Wildman–Crippen LogP) is 2.87. The largest absolute Gasteiger partial charge is 0.331 e. The van der Waals surface area contributed by atoms with E-state index < -0.39 is 0 Å². The first kappa shape index (κ1) is 10.6. The Labute approximate surface area is 94.7 Å². The molecule has 0 saturated carbocycles. The molecule has 0 N–H and O–H groups in total. The number of fused-ring (bicyclic) bond motifs is 1. The molecule has 0 atom stereocenters. The number of benzene rings is 1. The van der Waals surface area contributed by atoms with Crippen molar-refractivity contribution >= 4 is 22.8 Å². The summed E-state index contributed by atoms with van der Waals surface area (Å²) in [5, 5.41) is 0. The second kappa shape index (κ2) is 4.71. The maximum atomic E-state index is 4.64. The molecule has 1 heterocycles. The van der Waals surface area contributed by atoms with Crippen LogP contribution in [0.1, 0.15) is 12.2 Å². The molecule has 0 aliphatic carbocycles. The van der Waals surface area contributed by atoms with E-state index in [0.717, 1.165) is 11.9 Å². The smallest absolute Gasteiger partial charge is 0.109 e. The Morgan fingerprint density at radius 3 is 2.87 bits per heavy atom. The lowest BCUT2D eigenvalue weighted by atomic mass is 10.3. The van der Waals surface area contributed by atoms with Gasteiger partial charge in [0.2, 0.25) is 0 Å². The quantitative estimate of drug-likeness (QED) is 0.737. The van der Waals surface area contributed by atoms with Crippen LogP contribution in [0.3, 0.4) is 0 Å². The summed E-state index contributed by atoms with van der Waals surface area (Å²) in [6.07, 6.45) is 4.43. The van der Waals surface area contributed by atoms with Crippen LogP contribution < -0.4 is 0 Å². The van der Waals surface area contributed by atoms with Crippen LogP contribution in [0.5, 0.6) is 0 Å². The van der Waals surface area contributed by atoms with E-state index in [0.29, 0.717) is 0 Å². The Kier molecular flexibility index (Phi) is 3.31. The standard InChI is InChI=1S/C12H16N2S/c1-14-11-7-4-3-6-10(11)13-12(14)8-5-9-15-2/h3-4,6-7H,5,8-9H2,1-2H3. The Morgan fingerprint density at radius 1 is 1.33 bits per heavy atom. The second-order valence-electron chi connectivity index (χ2n) is 3.67. The van der Waals surface area contributed by atoms with E-state index in [2.05, 4.69) is 41.1 Å². The lowest BCUT2D eigenvalue weighted by molar-refractivity contribution is 0.777. The van der Waals surface area contributed by atoms with Gasteiger partial charge in [0, 0.05) is 13.5 Å². The van der Waals surface area contributed by atoms with Gasteiger partial charge in [0.15, 0.2) is 0 Å². The summed E-state index contributed by atoms with van der Waals surface area (Å²) in [5.41, 5.74) is 2.34. The van der Waals surface area contributed by atoms with E-state index in [1.165, 1.54) is 23.5 Å². The fourth-order valence-electron chi connectivity index (χ4n) is 1.79. The first-order valence-corrected chi connectivity index (χ1v) is 6.61. The van der Waals surface area contributed by atoms with Crippen molar-refractivity contribution in [3.05, 3.63) is 30.1 Å². The highest BCUT2D eigenvalue weighted by Gasteiger charge is 2.05. The van der Waals surface area contributed by atoms with Crippen molar-refractivity contribution in [1.29, 1.82) is 0 Å². The van der Waals surface area contributed by atoms with Crippen LogP contribution in [0.4, 0.5) is 0 Å². The van der Waals surface area contributed by atoms with Crippen molar-refractivity contribution in [3.8, 4) is 0 Å². The summed E-state index contributed by atoms with van der Waals surface area (Å²) in [4.78, 5) is 4.64. The van der Waals surface area contributed by atoms with E-state index in [4.69, 9.17) is 0 Å². The number of hydrogen-bond donors (Lipinski definition) is 0. The van der Waals surface area contributed by atoms with E-state index >= 15 is 0 Å². The predicted molar refractivity (Wildman–Crippen MR) is 67.4 cm³/mol. The minimum absolute atomic E-state index is 1.08. The lowest BCUT2D eigenvalue weighted by Crippen LogP contribution is -1.98. The van der Waals surface area contributed by atoms with Crippen LogP contribution >= 0.6 is 11.8 Å². The molecule has 2 rings (SSSR count). The van der Waals surface area contributed by atoms with Crippen molar-refractivity contribution in [2.75, 3.05) is 12.0 Å². The van der Waals surface area contributed by atoms with Gasteiger partial charge in [0.25, 0.3) is 0 Å². The van der Waals surface area contributed by atoms with E-state index in [9.17, 15) is 0 Å². The molecule has 0 amide bonds. The number of imidazole rings is 1. The van der Waals surface area contributed by atoms with Crippen LogP contribution in [0, 0.1) is 0 Å². The van der Waals surface area contributed by atoms with Gasteiger partial charge in [-0.15, -0.1) is 0 Å². The van der Waals surface area contributed by atoms with Gasteiger partial charge in [-0.25, -0.2) is 4.98 Å². The molecule has 1 aromatic carbocycles. The molecule has 3 heteroatoms. The average molecular weight is 220 g/mol. The molecule has 0 bridgehead atoms. The van der Waals surface area contributed by atoms with Gasteiger partial charge in [-0.2, -0.15) is 11.8 Å². The molecule has 0 aliphatic heterocycles. The highest BCUT2D eigenvalue weighted by Crippen LogP contribution is 2.15. The first-order valence-electron chi connectivity index (χ1n) is 5.22. The number of thioether (sulfide) groups is 1. The molecule has 2 aromatic rings. The zero-order valence-electron chi connectivity index (χ0n) is 9.23. The van der Waals surface area contributed by atoms with Gasteiger partial charge >= 0.3 is 0 Å². The zero-order valence-corrected chi connectivity index (χ0v) is 10.0. The van der Waals surface area contributed by atoms with Crippen molar-refractivity contribution < 1.29 is 0 Å². The van der Waals surface area contributed by atoms with Crippen LogP contribution in [-0.4, -0.2) is 21.6 Å². The highest BCUT2D eigenvalue weighted by molar-refractivity contribution is 7.98. The summed E-state index contributed by atoms with van der Waals surface area (Å²) in [6, 6.07) is 8.31. The third-order valence-electron chi connectivity index (χ3n) is 2.63. The normalized spacial score (nSPS) is 11.1. The van der Waals surface area contributed by atoms with Gasteiger partial charge in [-0.3, -0.25) is 0 Å². The number of para-hydroxylation sites is 2. The Bertz CT molecular complexity index is 448. The fraction of sp³-hybridized carbons (Fsp3) is 0.417. The minimum Gasteiger partial charge on any atom is -0.331 e. The molecule has 15 heavy (non-hydrogen) atoms. The molecule has 1 aromatic heterocycles. The molecule has 0 fully saturated rings. The average Bonchev–Trinajstić information content (AvgIpc) is 2.57. The van der Waals surface area contributed by atoms with Crippen molar-refractivity contribution in [2.45, 2.75) is 12.8 Å². The van der Waals surface area contributed by atoms with E-state index in [-0.39, 0.29) is 0 Å². The Hall–Kier alpha value is -0.960. The Balaban J connectivity index is 2.24. The second-order valence-corrected chi connectivity index (χ2v) is 4.66. The third kappa shape index (κ3) is 2.17. The topological polar surface area (TPSA) is 17.8 Å². The molecule has 0 unspecified atom stereocenters. The molecule has 0 saturated heterocycles. The van der Waals surface area contributed by atoms with Crippen LogP contribution in [-0.2, 0) is 13.5 Å². The van der Waals surface area contributed by atoms with Crippen LogP contribution in [0.2, 0.25) is 0 Å². The monoisotopic (exact) mass is 220 g/mol. The molecule has 0 spiro atoms. The van der Waals surface area contributed by atoms with Crippen molar-refractivity contribution in [3.63, 3.8) is 0 Å². The third-order valence-corrected chi connectivity index (χ3v) is 3.33. The number of nitrogens with zero attached hydrogens (tertiary/aromatic N) is 2. The summed E-state index contributed by atoms with van der Waals surface area (Å²) < 4.78 is 2.20. The van der Waals surface area contributed by atoms with E-state index in [1.807, 2.05) is 17.8 Å². The molecule has 0 aliphatic rings. The van der Waals surface area contributed by atoms with Gasteiger partial charge < -0.3 is 4.57 Å². The summed E-state index contributed by atoms with van der Waals surface area (Å²) in [6.45, 7) is 0. The van der Waals surface area contributed by atoms with Crippen molar-refractivity contribution in [1.82, 2.24) is 9.55 Å². The van der Waals surface area contributed by atoms with Gasteiger partial charge in [-0.1, -0.05) is 12.1 Å². The van der Waals surface area contributed by atoms with Gasteiger partial charge in [0.05, 0.1) is 11.0 Å². The van der Waals surface area contributed by atoms with Gasteiger partial charge in [-0.05, 0) is 30.6 Å². The minimum atomic E-state index is 1.08. The number of rotatable bonds is 4. The summed E-state index contributed by atoms with van der Waals surface area (Å²) in [5.74, 6) is 2.41. The molecule has 2 nitrogen and oxygen atoms in total. The Morgan fingerprint density at radius 2 is 2.13 bits per heavy atom. The lowest BCUT2D eigenvalue weighted by Gasteiger charge is -2.00. The number of aryl methyl sites for hydroxylation is 2. The first-order chi connectivity index (χ1) is 7.33. The van der Waals surface area contributed by atoms with Crippen LogP contribution in [0.15, 0.2) is 24.3 Å². The zero-order chi connectivity index (χ0) is 10.7. The number of aromatic nitrogens is 2. The summed E-state index contributed by atoms with van der Waals surface area (Å²) in [7, 11) is 2.10. The highest BCUT2D eigenvalue weighted by atomic mass is 32.2. The van der Waals surface area contributed by atoms with Crippen LogP contribution in [0.25, 0.3) is 11.0 Å². The number of hydrogen-bond acceptors (Lipinski definition) is 2. The molecule has 80 valence electrons.